The van der Waals surface area contributed by atoms with E-state index in [-0.39, 0.29) is 18.6 Å². The number of hydrogen-bond acceptors (Lipinski definition) is 3. The number of halogens is 1. The lowest BCUT2D eigenvalue weighted by Gasteiger charge is -1.95. The highest BCUT2D eigenvalue weighted by molar-refractivity contribution is 7.51. The predicted molar refractivity (Wildman–Crippen MR) is 43.8 cm³/mol. The Balaban J connectivity index is 0. The van der Waals surface area contributed by atoms with Gasteiger partial charge in [-0.1, -0.05) is 0 Å². The molecule has 0 aromatic heterocycles. The molecule has 11 heavy (non-hydrogen) atoms. The average Bonchev–Trinajstić information content (AvgIpc) is 1.86. The van der Waals surface area contributed by atoms with Gasteiger partial charge in [-0.15, -0.1) is 11.6 Å². The van der Waals surface area contributed by atoms with Crippen molar-refractivity contribution in [3.05, 3.63) is 0 Å². The third kappa shape index (κ3) is 25.2. The first-order valence-electron chi connectivity index (χ1n) is 2.89. The molecule has 0 aliphatic rings. The summed E-state index contributed by atoms with van der Waals surface area (Å²) in [5.74, 6) is 0.0181. The van der Waals surface area contributed by atoms with Crippen LogP contribution in [0.3, 0.4) is 0 Å². The molecule has 5 N–H and O–H groups in total. The molecular weight excluding hydrogens is 192 g/mol. The summed E-state index contributed by atoms with van der Waals surface area (Å²) in [6, 6.07) is 0. The summed E-state index contributed by atoms with van der Waals surface area (Å²) in [4.78, 5) is 16.1. The van der Waals surface area contributed by atoms with Crippen molar-refractivity contribution in [3.8, 4) is 0 Å². The first kappa shape index (κ1) is 13.9. The molecule has 0 aliphatic heterocycles. The Kier molecular flexibility index (Phi) is 10.7. The molecule has 0 atom stereocenters. The van der Waals surface area contributed by atoms with Gasteiger partial charge in [0.2, 0.25) is 0 Å². The van der Waals surface area contributed by atoms with E-state index in [1.165, 1.54) is 0 Å². The van der Waals surface area contributed by atoms with E-state index in [1.54, 1.807) is 0 Å². The summed E-state index contributed by atoms with van der Waals surface area (Å²) in [5, 5.41) is 7.75. The van der Waals surface area contributed by atoms with Gasteiger partial charge >= 0.3 is 7.60 Å². The van der Waals surface area contributed by atoms with Crippen LogP contribution in [-0.2, 0) is 4.57 Å². The molecule has 0 amide bonds. The van der Waals surface area contributed by atoms with Crippen molar-refractivity contribution in [2.24, 2.45) is 5.73 Å². The van der Waals surface area contributed by atoms with Gasteiger partial charge in [-0.2, -0.15) is 0 Å². The summed E-state index contributed by atoms with van der Waals surface area (Å²) in [7, 11) is -3.80. The normalized spacial score (nSPS) is 10.3. The van der Waals surface area contributed by atoms with Crippen LogP contribution >= 0.6 is 19.2 Å². The summed E-state index contributed by atoms with van der Waals surface area (Å²) in [5.41, 5.74) is 4.78. The Morgan fingerprint density at radius 2 is 1.82 bits per heavy atom. The van der Waals surface area contributed by atoms with Crippen molar-refractivity contribution in [2.75, 3.05) is 25.2 Å². The molecule has 7 heteroatoms. The van der Waals surface area contributed by atoms with E-state index in [4.69, 9.17) is 32.2 Å². The van der Waals surface area contributed by atoms with Crippen LogP contribution in [0.4, 0.5) is 0 Å². The van der Waals surface area contributed by atoms with Crippen LogP contribution in [0.5, 0.6) is 0 Å². The minimum absolute atomic E-state index is 0.0181. The van der Waals surface area contributed by atoms with E-state index in [1.807, 2.05) is 0 Å². The maximum Gasteiger partial charge on any atom is 0.326 e. The van der Waals surface area contributed by atoms with E-state index >= 15 is 0 Å². The summed E-state index contributed by atoms with van der Waals surface area (Å²) in [6.45, 7) is 0.472. The van der Waals surface area contributed by atoms with Gasteiger partial charge in [0.15, 0.2) is 0 Å². The van der Waals surface area contributed by atoms with Gasteiger partial charge in [0.1, 0.15) is 0 Å². The van der Waals surface area contributed by atoms with E-state index in [0.29, 0.717) is 6.54 Å². The van der Waals surface area contributed by atoms with Gasteiger partial charge in [0.05, 0.1) is 12.8 Å². The molecule has 0 aromatic carbocycles. The zero-order valence-electron chi connectivity index (χ0n) is 5.98. The Hall–Kier alpha value is 0.360. The molecule has 0 spiro atoms. The molecule has 0 bridgehead atoms. The van der Waals surface area contributed by atoms with Crippen molar-refractivity contribution in [2.45, 2.75) is 0 Å². The SMILES string of the molecule is NCCO.O=P(O)(O)CCCl. The fraction of sp³-hybridized carbons (Fsp3) is 1.00. The van der Waals surface area contributed by atoms with Gasteiger partial charge in [-0.25, -0.2) is 0 Å². The van der Waals surface area contributed by atoms with Crippen molar-refractivity contribution in [3.63, 3.8) is 0 Å². The average molecular weight is 206 g/mol. The number of hydrogen-bond donors (Lipinski definition) is 4. The number of rotatable bonds is 3. The zero-order chi connectivity index (χ0) is 9.33. The van der Waals surface area contributed by atoms with Crippen molar-refractivity contribution < 1.29 is 19.5 Å². The van der Waals surface area contributed by atoms with E-state index in [0.717, 1.165) is 0 Å². The zero-order valence-corrected chi connectivity index (χ0v) is 7.63. The lowest BCUT2D eigenvalue weighted by Crippen LogP contribution is -2.02. The molecule has 70 valence electrons. The molecule has 0 unspecified atom stereocenters. The molecule has 0 rings (SSSR count). The molecule has 0 heterocycles. The highest BCUT2D eigenvalue weighted by Gasteiger charge is 2.09. The standard InChI is InChI=1S/C2H6ClO3P.C2H7NO/c3-1-2-7(4,5)6;3-1-2-4/h1-2H2,(H2,4,5,6);4H,1-3H2. The number of nitrogens with two attached hydrogens (primary N) is 1. The Bertz CT molecular complexity index is 115. The molecule has 0 radical (unpaired) electrons. The van der Waals surface area contributed by atoms with Gasteiger partial charge in [0, 0.05) is 12.4 Å². The Morgan fingerprint density at radius 3 is 1.82 bits per heavy atom. The predicted octanol–water partition coefficient (Wildman–Crippen LogP) is -0.660. The second-order valence-electron chi connectivity index (χ2n) is 1.59. The molecule has 0 aromatic rings. The van der Waals surface area contributed by atoms with Gasteiger partial charge in [0.25, 0.3) is 0 Å². The maximum absolute atomic E-state index is 9.84. The largest absolute Gasteiger partial charge is 0.395 e. The van der Waals surface area contributed by atoms with Crippen LogP contribution in [0.2, 0.25) is 0 Å². The fourth-order valence-electron chi connectivity index (χ4n) is 0.110. The van der Waals surface area contributed by atoms with Gasteiger partial charge in [-0.3, -0.25) is 4.57 Å². The topological polar surface area (TPSA) is 104 Å². The minimum Gasteiger partial charge on any atom is -0.395 e. The second kappa shape index (κ2) is 8.46. The highest BCUT2D eigenvalue weighted by Crippen LogP contribution is 2.33. The lowest BCUT2D eigenvalue weighted by atomic mass is 10.8. The quantitative estimate of drug-likeness (QED) is 0.362. The fourth-order valence-corrected chi connectivity index (χ4v) is 0.991. The van der Waals surface area contributed by atoms with Crippen LogP contribution in [0.1, 0.15) is 0 Å². The van der Waals surface area contributed by atoms with Crippen molar-refractivity contribution in [1.82, 2.24) is 0 Å². The minimum atomic E-state index is -3.80. The van der Waals surface area contributed by atoms with E-state index < -0.39 is 7.60 Å². The van der Waals surface area contributed by atoms with E-state index in [9.17, 15) is 4.57 Å². The smallest absolute Gasteiger partial charge is 0.326 e. The monoisotopic (exact) mass is 205 g/mol. The highest BCUT2D eigenvalue weighted by atomic mass is 35.5. The molecule has 5 nitrogen and oxygen atoms in total. The van der Waals surface area contributed by atoms with Crippen LogP contribution in [0.25, 0.3) is 0 Å². The first-order chi connectivity index (χ1) is 4.97. The molecular formula is C4H13ClNO4P. The number of aliphatic hydroxyl groups excluding tert-OH is 1. The van der Waals surface area contributed by atoms with E-state index in [2.05, 4.69) is 0 Å². The molecule has 0 aliphatic carbocycles. The van der Waals surface area contributed by atoms with Crippen LogP contribution in [-0.4, -0.2) is 40.1 Å². The van der Waals surface area contributed by atoms with Crippen molar-refractivity contribution >= 4 is 19.2 Å². The third-order valence-electron chi connectivity index (χ3n) is 0.505. The molecule has 0 saturated carbocycles. The second-order valence-corrected chi connectivity index (χ2v) is 3.74. The Labute approximate surface area is 70.3 Å². The Morgan fingerprint density at radius 1 is 1.45 bits per heavy atom. The summed E-state index contributed by atoms with van der Waals surface area (Å²) < 4.78 is 9.84. The van der Waals surface area contributed by atoms with Gasteiger partial charge in [-0.05, 0) is 0 Å². The number of alkyl halides is 1. The van der Waals surface area contributed by atoms with Crippen LogP contribution in [0.15, 0.2) is 0 Å². The molecule has 0 fully saturated rings. The summed E-state index contributed by atoms with van der Waals surface area (Å²) in [6.07, 6.45) is -0.228. The summed E-state index contributed by atoms with van der Waals surface area (Å²) >= 11 is 4.99. The third-order valence-corrected chi connectivity index (χ3v) is 1.76. The van der Waals surface area contributed by atoms with Crippen LogP contribution < -0.4 is 5.73 Å². The molecule has 0 saturated heterocycles. The number of aliphatic hydroxyl groups is 1. The van der Waals surface area contributed by atoms with Crippen molar-refractivity contribution in [1.29, 1.82) is 0 Å². The van der Waals surface area contributed by atoms with Gasteiger partial charge < -0.3 is 20.6 Å². The maximum atomic E-state index is 9.84. The first-order valence-corrected chi connectivity index (χ1v) is 5.22. The lowest BCUT2D eigenvalue weighted by molar-refractivity contribution is 0.306. The van der Waals surface area contributed by atoms with Crippen LogP contribution in [0, 0.1) is 0 Å².